The van der Waals surface area contributed by atoms with Crippen LogP contribution in [0, 0.1) is 0 Å². The average Bonchev–Trinajstić information content (AvgIpc) is 2.68. The molecule has 0 saturated carbocycles. The Balaban J connectivity index is 2.17. The Hall–Kier alpha value is -0.540. The molecule has 3 nitrogen and oxygen atoms in total. The van der Waals surface area contributed by atoms with E-state index in [9.17, 15) is 0 Å². The van der Waals surface area contributed by atoms with E-state index in [2.05, 4.69) is 24.3 Å². The van der Waals surface area contributed by atoms with E-state index in [0.29, 0.717) is 0 Å². The van der Waals surface area contributed by atoms with E-state index in [-0.39, 0.29) is 0 Å². The van der Waals surface area contributed by atoms with Gasteiger partial charge in [0.25, 0.3) is 0 Å². The van der Waals surface area contributed by atoms with Gasteiger partial charge in [0.05, 0.1) is 16.4 Å². The smallest absolute Gasteiger partial charge is 0.0863 e. The normalized spacial score (nSPS) is 11.2. The number of unbranched alkanes of at least 4 members (excludes halogenated alkanes) is 5. The third kappa shape index (κ3) is 5.53. The minimum atomic E-state index is 0.817. The second-order valence-corrected chi connectivity index (χ2v) is 5.51. The summed E-state index contributed by atoms with van der Waals surface area (Å²) >= 11 is 6.30. The van der Waals surface area contributed by atoms with E-state index < -0.39 is 0 Å². The maximum Gasteiger partial charge on any atom is 0.0863 e. The van der Waals surface area contributed by atoms with Crippen LogP contribution in [0.1, 0.15) is 63.8 Å². The summed E-state index contributed by atoms with van der Waals surface area (Å²) in [6.07, 6.45) is 8.90. The minimum absolute atomic E-state index is 0.817. The van der Waals surface area contributed by atoms with Gasteiger partial charge in [-0.05, 0) is 19.4 Å². The fraction of sp³-hybridized carbons (Fsp3) is 0.800. The molecule has 0 bridgehead atoms. The van der Waals surface area contributed by atoms with Crippen molar-refractivity contribution < 1.29 is 0 Å². The van der Waals surface area contributed by atoms with Gasteiger partial charge < -0.3 is 5.32 Å². The van der Waals surface area contributed by atoms with Crippen molar-refractivity contribution in [2.45, 2.75) is 65.3 Å². The highest BCUT2D eigenvalue weighted by atomic mass is 35.5. The van der Waals surface area contributed by atoms with Crippen molar-refractivity contribution >= 4 is 11.6 Å². The van der Waals surface area contributed by atoms with Crippen LogP contribution in [0.4, 0.5) is 0 Å². The van der Waals surface area contributed by atoms with Crippen molar-refractivity contribution in [2.24, 2.45) is 7.05 Å². The first-order chi connectivity index (χ1) is 9.20. The summed E-state index contributed by atoms with van der Waals surface area (Å²) in [6, 6.07) is 0. The fourth-order valence-corrected chi connectivity index (χ4v) is 2.61. The molecule has 1 aromatic heterocycles. The van der Waals surface area contributed by atoms with Gasteiger partial charge in [0, 0.05) is 13.6 Å². The van der Waals surface area contributed by atoms with Crippen LogP contribution in [0.15, 0.2) is 0 Å². The third-order valence-corrected chi connectivity index (χ3v) is 3.94. The molecule has 0 aliphatic carbocycles. The van der Waals surface area contributed by atoms with E-state index in [1.807, 2.05) is 11.7 Å². The van der Waals surface area contributed by atoms with Crippen molar-refractivity contribution in [1.82, 2.24) is 15.1 Å². The lowest BCUT2D eigenvalue weighted by Gasteiger charge is -2.06. The SMILES string of the molecule is CCCCCCCCNCc1c(Cl)c(CC)nn1C. The highest BCUT2D eigenvalue weighted by Gasteiger charge is 2.11. The zero-order valence-electron chi connectivity index (χ0n) is 12.6. The van der Waals surface area contributed by atoms with Crippen LogP contribution in [0.25, 0.3) is 0 Å². The summed E-state index contributed by atoms with van der Waals surface area (Å²) in [5.74, 6) is 0. The fourth-order valence-electron chi connectivity index (χ4n) is 2.25. The first-order valence-corrected chi connectivity index (χ1v) is 7.99. The standard InChI is InChI=1S/C15H28ClN3/c1-4-6-7-8-9-10-11-17-12-14-15(16)13(5-2)18-19(14)3/h17H,4-12H2,1-3H3. The van der Waals surface area contributed by atoms with Crippen molar-refractivity contribution in [2.75, 3.05) is 6.54 Å². The summed E-state index contributed by atoms with van der Waals surface area (Å²) in [6.45, 7) is 6.22. The van der Waals surface area contributed by atoms with Crippen LogP contribution in [-0.2, 0) is 20.0 Å². The van der Waals surface area contributed by atoms with Gasteiger partial charge in [-0.2, -0.15) is 5.10 Å². The zero-order valence-corrected chi connectivity index (χ0v) is 13.4. The Bertz CT molecular complexity index is 361. The predicted molar refractivity (Wildman–Crippen MR) is 82.7 cm³/mol. The van der Waals surface area contributed by atoms with Crippen LogP contribution < -0.4 is 5.32 Å². The highest BCUT2D eigenvalue weighted by Crippen LogP contribution is 2.20. The largest absolute Gasteiger partial charge is 0.311 e. The van der Waals surface area contributed by atoms with Crippen molar-refractivity contribution in [1.29, 1.82) is 0 Å². The molecular formula is C15H28ClN3. The molecule has 4 heteroatoms. The third-order valence-electron chi connectivity index (χ3n) is 3.50. The molecule has 0 aliphatic rings. The monoisotopic (exact) mass is 285 g/mol. The molecule has 19 heavy (non-hydrogen) atoms. The molecule has 0 aliphatic heterocycles. The quantitative estimate of drug-likeness (QED) is 0.656. The molecule has 0 atom stereocenters. The van der Waals surface area contributed by atoms with Gasteiger partial charge >= 0.3 is 0 Å². The maximum absolute atomic E-state index is 6.30. The van der Waals surface area contributed by atoms with Gasteiger partial charge in [-0.1, -0.05) is 57.6 Å². The number of aryl methyl sites for hydroxylation is 2. The Morgan fingerprint density at radius 2 is 1.79 bits per heavy atom. The molecule has 1 heterocycles. The summed E-state index contributed by atoms with van der Waals surface area (Å²) in [5.41, 5.74) is 2.10. The van der Waals surface area contributed by atoms with Crippen molar-refractivity contribution in [3.8, 4) is 0 Å². The summed E-state index contributed by atoms with van der Waals surface area (Å²) in [5, 5.41) is 8.72. The predicted octanol–water partition coefficient (Wildman–Crippen LogP) is 4.09. The Morgan fingerprint density at radius 1 is 1.11 bits per heavy atom. The molecule has 0 fully saturated rings. The average molecular weight is 286 g/mol. The molecular weight excluding hydrogens is 258 g/mol. The van der Waals surface area contributed by atoms with Crippen LogP contribution in [0.2, 0.25) is 5.02 Å². The second-order valence-electron chi connectivity index (χ2n) is 5.13. The Labute approximate surface area is 122 Å². The van der Waals surface area contributed by atoms with Gasteiger partial charge in [-0.3, -0.25) is 4.68 Å². The van der Waals surface area contributed by atoms with E-state index in [1.165, 1.54) is 38.5 Å². The topological polar surface area (TPSA) is 29.9 Å². The number of nitrogens with one attached hydrogen (secondary N) is 1. The molecule has 0 amide bonds. The summed E-state index contributed by atoms with van der Waals surface area (Å²) in [4.78, 5) is 0. The first kappa shape index (κ1) is 16.5. The lowest BCUT2D eigenvalue weighted by molar-refractivity contribution is 0.559. The molecule has 0 radical (unpaired) electrons. The molecule has 1 rings (SSSR count). The van der Waals surface area contributed by atoms with E-state index in [0.717, 1.165) is 35.9 Å². The number of nitrogens with zero attached hydrogens (tertiary/aromatic N) is 2. The van der Waals surface area contributed by atoms with Gasteiger partial charge in [-0.25, -0.2) is 0 Å². The second kappa shape index (κ2) is 9.38. The molecule has 1 aromatic rings. The van der Waals surface area contributed by atoms with Crippen LogP contribution >= 0.6 is 11.6 Å². The van der Waals surface area contributed by atoms with Crippen molar-refractivity contribution in [3.05, 3.63) is 16.4 Å². The summed E-state index contributed by atoms with van der Waals surface area (Å²) in [7, 11) is 1.97. The molecule has 0 saturated heterocycles. The Morgan fingerprint density at radius 3 is 2.42 bits per heavy atom. The highest BCUT2D eigenvalue weighted by molar-refractivity contribution is 6.31. The van der Waals surface area contributed by atoms with Gasteiger partial charge in [0.15, 0.2) is 0 Å². The lowest BCUT2D eigenvalue weighted by Crippen LogP contribution is -2.17. The number of rotatable bonds is 10. The van der Waals surface area contributed by atoms with E-state index >= 15 is 0 Å². The number of aromatic nitrogens is 2. The van der Waals surface area contributed by atoms with Crippen LogP contribution in [0.3, 0.4) is 0 Å². The van der Waals surface area contributed by atoms with Crippen LogP contribution in [0.5, 0.6) is 0 Å². The first-order valence-electron chi connectivity index (χ1n) is 7.61. The number of halogens is 1. The van der Waals surface area contributed by atoms with E-state index in [4.69, 9.17) is 11.6 Å². The molecule has 0 unspecified atom stereocenters. The van der Waals surface area contributed by atoms with Gasteiger partial charge in [0.2, 0.25) is 0 Å². The van der Waals surface area contributed by atoms with Gasteiger partial charge in [-0.15, -0.1) is 0 Å². The van der Waals surface area contributed by atoms with Crippen molar-refractivity contribution in [3.63, 3.8) is 0 Å². The van der Waals surface area contributed by atoms with E-state index in [1.54, 1.807) is 0 Å². The Kier molecular flexibility index (Phi) is 8.15. The minimum Gasteiger partial charge on any atom is -0.311 e. The lowest BCUT2D eigenvalue weighted by atomic mass is 10.1. The molecule has 110 valence electrons. The number of hydrogen-bond acceptors (Lipinski definition) is 2. The number of hydrogen-bond donors (Lipinski definition) is 1. The van der Waals surface area contributed by atoms with Gasteiger partial charge in [0.1, 0.15) is 0 Å². The zero-order chi connectivity index (χ0) is 14.1. The molecule has 1 N–H and O–H groups in total. The maximum atomic E-state index is 6.30. The molecule has 0 aromatic carbocycles. The summed E-state index contributed by atoms with van der Waals surface area (Å²) < 4.78 is 1.90. The van der Waals surface area contributed by atoms with Crippen LogP contribution in [-0.4, -0.2) is 16.3 Å². The molecule has 0 spiro atoms.